The van der Waals surface area contributed by atoms with E-state index in [0.717, 1.165) is 12.1 Å². The predicted molar refractivity (Wildman–Crippen MR) is 57.5 cm³/mol. The van der Waals surface area contributed by atoms with Crippen LogP contribution in [0.5, 0.6) is 0 Å². The first kappa shape index (κ1) is 12.3. The Hall–Kier alpha value is -1.78. The maximum absolute atomic E-state index is 13.2. The Bertz CT molecular complexity index is 442. The molecule has 1 amide bonds. The van der Waals surface area contributed by atoms with Gasteiger partial charge in [-0.05, 0) is 19.1 Å². The summed E-state index contributed by atoms with van der Waals surface area (Å²) in [4.78, 5) is 16.8. The van der Waals surface area contributed by atoms with E-state index >= 15 is 0 Å². The van der Waals surface area contributed by atoms with Gasteiger partial charge >= 0.3 is 0 Å². The maximum atomic E-state index is 13.2. The van der Waals surface area contributed by atoms with Crippen molar-refractivity contribution in [1.29, 1.82) is 0 Å². The standard InChI is InChI=1S/C11H12F2N2O/c1-7(15(2)3)14-11(16)9-5-4-8(12)6-10(9)13/h4-6H,1-3H3/b14-7+. The summed E-state index contributed by atoms with van der Waals surface area (Å²) in [5, 5.41) is 0. The Morgan fingerprint density at radius 1 is 1.31 bits per heavy atom. The van der Waals surface area contributed by atoms with E-state index in [2.05, 4.69) is 4.99 Å². The maximum Gasteiger partial charge on any atom is 0.281 e. The molecule has 16 heavy (non-hydrogen) atoms. The molecule has 0 atom stereocenters. The summed E-state index contributed by atoms with van der Waals surface area (Å²) in [5.41, 5.74) is -0.234. The van der Waals surface area contributed by atoms with Crippen LogP contribution in [0.4, 0.5) is 8.78 Å². The van der Waals surface area contributed by atoms with Crippen molar-refractivity contribution in [2.75, 3.05) is 14.1 Å². The molecule has 0 aliphatic heterocycles. The highest BCUT2D eigenvalue weighted by atomic mass is 19.1. The van der Waals surface area contributed by atoms with Crippen LogP contribution in [0.3, 0.4) is 0 Å². The highest BCUT2D eigenvalue weighted by Crippen LogP contribution is 2.10. The van der Waals surface area contributed by atoms with E-state index in [0.29, 0.717) is 11.9 Å². The smallest absolute Gasteiger partial charge is 0.281 e. The Balaban J connectivity index is 3.02. The lowest BCUT2D eigenvalue weighted by atomic mass is 10.2. The molecule has 0 aliphatic rings. The van der Waals surface area contributed by atoms with Crippen LogP contribution in [0, 0.1) is 11.6 Å². The Kier molecular flexibility index (Phi) is 3.71. The van der Waals surface area contributed by atoms with Crippen molar-refractivity contribution in [3.8, 4) is 0 Å². The average Bonchev–Trinajstić information content (AvgIpc) is 2.16. The lowest BCUT2D eigenvalue weighted by molar-refractivity contribution is 0.0997. The van der Waals surface area contributed by atoms with Gasteiger partial charge in [-0.15, -0.1) is 0 Å². The molecular formula is C11H12F2N2O. The summed E-state index contributed by atoms with van der Waals surface area (Å²) in [6.45, 7) is 1.62. The molecule has 3 nitrogen and oxygen atoms in total. The number of hydrogen-bond donors (Lipinski definition) is 0. The van der Waals surface area contributed by atoms with Gasteiger partial charge in [-0.2, -0.15) is 4.99 Å². The van der Waals surface area contributed by atoms with E-state index in [-0.39, 0.29) is 5.56 Å². The van der Waals surface area contributed by atoms with Crippen molar-refractivity contribution in [3.63, 3.8) is 0 Å². The first-order chi connectivity index (χ1) is 7.41. The lowest BCUT2D eigenvalue weighted by Crippen LogP contribution is -2.20. The lowest BCUT2D eigenvalue weighted by Gasteiger charge is -2.10. The topological polar surface area (TPSA) is 32.7 Å². The summed E-state index contributed by atoms with van der Waals surface area (Å²) >= 11 is 0. The van der Waals surface area contributed by atoms with Crippen LogP contribution in [-0.4, -0.2) is 30.7 Å². The van der Waals surface area contributed by atoms with Crippen molar-refractivity contribution < 1.29 is 13.6 Å². The molecule has 0 N–H and O–H groups in total. The van der Waals surface area contributed by atoms with Gasteiger partial charge in [0.25, 0.3) is 5.91 Å². The van der Waals surface area contributed by atoms with Crippen LogP contribution in [-0.2, 0) is 0 Å². The molecule has 1 aromatic rings. The van der Waals surface area contributed by atoms with Crippen LogP contribution in [0.15, 0.2) is 23.2 Å². The molecule has 0 saturated heterocycles. The molecule has 1 aromatic carbocycles. The van der Waals surface area contributed by atoms with Gasteiger partial charge in [0.2, 0.25) is 0 Å². The quantitative estimate of drug-likeness (QED) is 0.542. The molecule has 0 fully saturated rings. The fraction of sp³-hybridized carbons (Fsp3) is 0.273. The fourth-order valence-electron chi connectivity index (χ4n) is 0.970. The van der Waals surface area contributed by atoms with Crippen LogP contribution in [0.1, 0.15) is 17.3 Å². The van der Waals surface area contributed by atoms with Crippen molar-refractivity contribution in [3.05, 3.63) is 35.4 Å². The third-order valence-corrected chi connectivity index (χ3v) is 2.07. The third-order valence-electron chi connectivity index (χ3n) is 2.07. The Morgan fingerprint density at radius 2 is 1.94 bits per heavy atom. The number of benzene rings is 1. The Morgan fingerprint density at radius 3 is 2.44 bits per heavy atom. The molecule has 0 spiro atoms. The second-order valence-corrected chi connectivity index (χ2v) is 3.48. The second-order valence-electron chi connectivity index (χ2n) is 3.48. The van der Waals surface area contributed by atoms with E-state index in [4.69, 9.17) is 0 Å². The van der Waals surface area contributed by atoms with Gasteiger partial charge in [-0.3, -0.25) is 4.79 Å². The minimum absolute atomic E-state index is 0.234. The molecule has 86 valence electrons. The molecule has 0 unspecified atom stereocenters. The molecular weight excluding hydrogens is 214 g/mol. The monoisotopic (exact) mass is 226 g/mol. The van der Waals surface area contributed by atoms with Crippen LogP contribution in [0.25, 0.3) is 0 Å². The molecule has 0 heterocycles. The van der Waals surface area contributed by atoms with Crippen LogP contribution in [0.2, 0.25) is 0 Å². The van der Waals surface area contributed by atoms with E-state index < -0.39 is 17.5 Å². The number of hydrogen-bond acceptors (Lipinski definition) is 1. The Labute approximate surface area is 92.4 Å². The SMILES string of the molecule is C/C(=N\C(=O)c1ccc(F)cc1F)N(C)C. The fourth-order valence-corrected chi connectivity index (χ4v) is 0.970. The predicted octanol–water partition coefficient (Wildman–Crippen LogP) is 2.08. The zero-order chi connectivity index (χ0) is 12.3. The van der Waals surface area contributed by atoms with E-state index in [1.54, 1.807) is 25.9 Å². The minimum Gasteiger partial charge on any atom is -0.366 e. The first-order valence-corrected chi connectivity index (χ1v) is 4.64. The number of amides is 1. The van der Waals surface area contributed by atoms with E-state index in [1.165, 1.54) is 0 Å². The van der Waals surface area contributed by atoms with Crippen LogP contribution < -0.4 is 0 Å². The molecule has 0 aromatic heterocycles. The zero-order valence-corrected chi connectivity index (χ0v) is 9.29. The van der Waals surface area contributed by atoms with Crippen molar-refractivity contribution in [2.24, 2.45) is 4.99 Å². The number of carbonyl (C=O) groups is 1. The summed E-state index contributed by atoms with van der Waals surface area (Å²) < 4.78 is 25.8. The van der Waals surface area contributed by atoms with Crippen molar-refractivity contribution in [1.82, 2.24) is 4.90 Å². The third kappa shape index (κ3) is 2.85. The highest BCUT2D eigenvalue weighted by Gasteiger charge is 2.12. The van der Waals surface area contributed by atoms with Gasteiger partial charge in [0.05, 0.1) is 5.56 Å². The molecule has 0 radical (unpaired) electrons. The summed E-state index contributed by atoms with van der Waals surface area (Å²) in [7, 11) is 3.43. The molecule has 5 heteroatoms. The normalized spacial score (nSPS) is 11.4. The summed E-state index contributed by atoms with van der Waals surface area (Å²) in [6.07, 6.45) is 0. The number of halogens is 2. The van der Waals surface area contributed by atoms with Gasteiger partial charge in [-0.25, -0.2) is 8.78 Å². The number of rotatable bonds is 1. The zero-order valence-electron chi connectivity index (χ0n) is 9.29. The molecule has 1 rings (SSSR count). The summed E-state index contributed by atoms with van der Waals surface area (Å²) in [5.74, 6) is -1.89. The van der Waals surface area contributed by atoms with Gasteiger partial charge in [0, 0.05) is 20.2 Å². The molecule has 0 saturated carbocycles. The van der Waals surface area contributed by atoms with E-state index in [1.807, 2.05) is 0 Å². The highest BCUT2D eigenvalue weighted by molar-refractivity contribution is 6.02. The van der Waals surface area contributed by atoms with Gasteiger partial charge in [0.1, 0.15) is 17.5 Å². The van der Waals surface area contributed by atoms with E-state index in [9.17, 15) is 13.6 Å². The number of aliphatic imine (C=N–C) groups is 1. The van der Waals surface area contributed by atoms with Gasteiger partial charge in [-0.1, -0.05) is 0 Å². The molecule has 0 aliphatic carbocycles. The largest absolute Gasteiger partial charge is 0.366 e. The average molecular weight is 226 g/mol. The summed E-state index contributed by atoms with van der Waals surface area (Å²) in [6, 6.07) is 2.77. The van der Waals surface area contributed by atoms with Gasteiger partial charge < -0.3 is 4.90 Å². The first-order valence-electron chi connectivity index (χ1n) is 4.64. The molecule has 0 bridgehead atoms. The number of nitrogens with zero attached hydrogens (tertiary/aromatic N) is 2. The van der Waals surface area contributed by atoms with Crippen LogP contribution >= 0.6 is 0 Å². The minimum atomic E-state index is -0.902. The number of carbonyl (C=O) groups excluding carboxylic acids is 1. The van der Waals surface area contributed by atoms with Crippen molar-refractivity contribution in [2.45, 2.75) is 6.92 Å². The second kappa shape index (κ2) is 4.83. The number of amidine groups is 1. The van der Waals surface area contributed by atoms with Crippen molar-refractivity contribution >= 4 is 11.7 Å². The van der Waals surface area contributed by atoms with Gasteiger partial charge in [0.15, 0.2) is 0 Å².